The van der Waals surface area contributed by atoms with E-state index in [2.05, 4.69) is 5.32 Å². The minimum absolute atomic E-state index is 0.0188. The number of carbonyl (C=O) groups excluding carboxylic acids is 2. The smallest absolute Gasteiger partial charge is 0.225 e. The van der Waals surface area contributed by atoms with Crippen molar-refractivity contribution in [2.45, 2.75) is 13.3 Å². The molecule has 2 N–H and O–H groups in total. The van der Waals surface area contributed by atoms with Gasteiger partial charge in [-0.2, -0.15) is 0 Å². The molecule has 0 radical (unpaired) electrons. The van der Waals surface area contributed by atoms with Gasteiger partial charge in [-0.05, 0) is 5.92 Å². The fourth-order valence-corrected chi connectivity index (χ4v) is 1.52. The largest absolute Gasteiger partial charge is 0.396 e. The summed E-state index contributed by atoms with van der Waals surface area (Å²) in [6.07, 6.45) is 0.301. The van der Waals surface area contributed by atoms with Gasteiger partial charge >= 0.3 is 0 Å². The summed E-state index contributed by atoms with van der Waals surface area (Å²) in [4.78, 5) is 24.3. The molecule has 1 aliphatic rings. The topological polar surface area (TPSA) is 69.6 Å². The van der Waals surface area contributed by atoms with Crippen LogP contribution >= 0.6 is 0 Å². The van der Waals surface area contributed by atoms with E-state index >= 15 is 0 Å². The maximum Gasteiger partial charge on any atom is 0.225 e. The number of carbonyl (C=O) groups is 2. The molecule has 0 aromatic heterocycles. The van der Waals surface area contributed by atoms with Gasteiger partial charge in [0.05, 0.1) is 5.92 Å². The zero-order chi connectivity index (χ0) is 11.4. The number of aliphatic hydroxyl groups excluding tert-OH is 1. The summed E-state index contributed by atoms with van der Waals surface area (Å²) in [7, 11) is 1.70. The van der Waals surface area contributed by atoms with Gasteiger partial charge in [-0.25, -0.2) is 0 Å². The second-order valence-corrected chi connectivity index (χ2v) is 4.21. The fraction of sp³-hybridized carbons (Fsp3) is 0.800. The van der Waals surface area contributed by atoms with Gasteiger partial charge < -0.3 is 15.3 Å². The molecule has 5 heteroatoms. The van der Waals surface area contributed by atoms with Gasteiger partial charge in [0.2, 0.25) is 11.8 Å². The van der Waals surface area contributed by atoms with Crippen LogP contribution in [0.4, 0.5) is 0 Å². The Kier molecular flexibility index (Phi) is 4.08. The molecule has 0 bridgehead atoms. The van der Waals surface area contributed by atoms with Crippen LogP contribution < -0.4 is 5.32 Å². The first kappa shape index (κ1) is 12.0. The van der Waals surface area contributed by atoms with Crippen molar-refractivity contribution in [1.82, 2.24) is 10.2 Å². The van der Waals surface area contributed by atoms with Gasteiger partial charge in [-0.15, -0.1) is 0 Å². The minimum Gasteiger partial charge on any atom is -0.396 e. The van der Waals surface area contributed by atoms with E-state index in [9.17, 15) is 9.59 Å². The van der Waals surface area contributed by atoms with Crippen molar-refractivity contribution >= 4 is 11.8 Å². The first-order chi connectivity index (χ1) is 7.04. The Bertz CT molecular complexity index is 255. The summed E-state index contributed by atoms with van der Waals surface area (Å²) in [6, 6.07) is 0. The average molecular weight is 214 g/mol. The van der Waals surface area contributed by atoms with E-state index in [0.29, 0.717) is 19.5 Å². The van der Waals surface area contributed by atoms with Crippen LogP contribution in [0.1, 0.15) is 13.3 Å². The van der Waals surface area contributed by atoms with Gasteiger partial charge in [0.15, 0.2) is 0 Å². The van der Waals surface area contributed by atoms with Gasteiger partial charge in [0, 0.05) is 33.2 Å². The van der Waals surface area contributed by atoms with Crippen molar-refractivity contribution in [3.63, 3.8) is 0 Å². The lowest BCUT2D eigenvalue weighted by Gasteiger charge is -2.13. The lowest BCUT2D eigenvalue weighted by molar-refractivity contribution is -0.128. The van der Waals surface area contributed by atoms with Crippen LogP contribution in [0.3, 0.4) is 0 Å². The predicted molar refractivity (Wildman–Crippen MR) is 55.0 cm³/mol. The number of hydrogen-bond donors (Lipinski definition) is 2. The Morgan fingerprint density at radius 3 is 2.87 bits per heavy atom. The first-order valence-electron chi connectivity index (χ1n) is 5.17. The number of likely N-dealkylation sites (tertiary alicyclic amines) is 1. The highest BCUT2D eigenvalue weighted by atomic mass is 16.3. The Morgan fingerprint density at radius 2 is 2.40 bits per heavy atom. The summed E-state index contributed by atoms with van der Waals surface area (Å²) in [6.45, 7) is 2.87. The highest BCUT2D eigenvalue weighted by molar-refractivity contribution is 5.89. The monoisotopic (exact) mass is 214 g/mol. The molecule has 1 rings (SSSR count). The maximum atomic E-state index is 11.6. The van der Waals surface area contributed by atoms with E-state index in [0.717, 1.165) is 0 Å². The van der Waals surface area contributed by atoms with E-state index in [1.54, 1.807) is 11.9 Å². The highest BCUT2D eigenvalue weighted by Gasteiger charge is 2.31. The van der Waals surface area contributed by atoms with Crippen LogP contribution in [-0.4, -0.2) is 48.6 Å². The van der Waals surface area contributed by atoms with Crippen molar-refractivity contribution in [2.24, 2.45) is 11.8 Å². The summed E-state index contributed by atoms with van der Waals surface area (Å²) < 4.78 is 0. The molecule has 0 saturated carbocycles. The predicted octanol–water partition coefficient (Wildman–Crippen LogP) is -0.791. The molecule has 1 aliphatic heterocycles. The van der Waals surface area contributed by atoms with E-state index in [1.165, 1.54) is 0 Å². The van der Waals surface area contributed by atoms with Crippen LogP contribution in [0.2, 0.25) is 0 Å². The zero-order valence-electron chi connectivity index (χ0n) is 9.19. The molecule has 0 aromatic carbocycles. The van der Waals surface area contributed by atoms with E-state index in [4.69, 9.17) is 5.11 Å². The van der Waals surface area contributed by atoms with Crippen LogP contribution in [0.15, 0.2) is 0 Å². The van der Waals surface area contributed by atoms with Crippen molar-refractivity contribution in [2.75, 3.05) is 26.7 Å². The number of hydrogen-bond acceptors (Lipinski definition) is 3. The van der Waals surface area contributed by atoms with Gasteiger partial charge in [-0.1, -0.05) is 6.92 Å². The molecular weight excluding hydrogens is 196 g/mol. The molecule has 2 amide bonds. The number of nitrogens with one attached hydrogen (secondary N) is 1. The fourth-order valence-electron chi connectivity index (χ4n) is 1.52. The summed E-state index contributed by atoms with van der Waals surface area (Å²) in [5.41, 5.74) is 0. The van der Waals surface area contributed by atoms with Crippen molar-refractivity contribution in [3.8, 4) is 0 Å². The second-order valence-electron chi connectivity index (χ2n) is 4.21. The Balaban J connectivity index is 2.32. The minimum atomic E-state index is -0.228. The standard InChI is InChI=1S/C10H18N2O3/c1-7(6-13)4-11-10(15)8-3-9(14)12(2)5-8/h7-8,13H,3-6H2,1-2H3,(H,11,15). The molecule has 0 aliphatic carbocycles. The number of rotatable bonds is 4. The summed E-state index contributed by atoms with van der Waals surface area (Å²) in [5.74, 6) is -0.240. The summed E-state index contributed by atoms with van der Waals surface area (Å²) in [5, 5.41) is 11.5. The van der Waals surface area contributed by atoms with Crippen molar-refractivity contribution < 1.29 is 14.7 Å². The molecule has 2 atom stereocenters. The third kappa shape index (κ3) is 3.20. The molecule has 1 saturated heterocycles. The SMILES string of the molecule is CC(CO)CNC(=O)C1CC(=O)N(C)C1. The molecule has 15 heavy (non-hydrogen) atoms. The zero-order valence-corrected chi connectivity index (χ0v) is 9.19. The molecular formula is C10H18N2O3. The molecule has 0 aromatic rings. The molecule has 0 spiro atoms. The van der Waals surface area contributed by atoms with Gasteiger partial charge in [-0.3, -0.25) is 9.59 Å². The van der Waals surface area contributed by atoms with Crippen LogP contribution in [0.25, 0.3) is 0 Å². The molecule has 2 unspecified atom stereocenters. The molecule has 1 fully saturated rings. The van der Waals surface area contributed by atoms with Gasteiger partial charge in [0.1, 0.15) is 0 Å². The van der Waals surface area contributed by atoms with Crippen LogP contribution in [0, 0.1) is 11.8 Å². The Labute approximate surface area is 89.4 Å². The van der Waals surface area contributed by atoms with Gasteiger partial charge in [0.25, 0.3) is 0 Å². The molecule has 1 heterocycles. The normalized spacial score (nSPS) is 23.0. The number of aliphatic hydroxyl groups is 1. The Hall–Kier alpha value is -1.10. The Morgan fingerprint density at radius 1 is 1.73 bits per heavy atom. The third-order valence-electron chi connectivity index (χ3n) is 2.65. The van der Waals surface area contributed by atoms with E-state index < -0.39 is 0 Å². The molecule has 86 valence electrons. The van der Waals surface area contributed by atoms with Crippen molar-refractivity contribution in [1.29, 1.82) is 0 Å². The third-order valence-corrected chi connectivity index (χ3v) is 2.65. The van der Waals surface area contributed by atoms with E-state index in [1.807, 2.05) is 6.92 Å². The number of amides is 2. The first-order valence-corrected chi connectivity index (χ1v) is 5.17. The lowest BCUT2D eigenvalue weighted by atomic mass is 10.1. The van der Waals surface area contributed by atoms with E-state index in [-0.39, 0.29) is 30.3 Å². The quantitative estimate of drug-likeness (QED) is 0.644. The highest BCUT2D eigenvalue weighted by Crippen LogP contribution is 2.15. The van der Waals surface area contributed by atoms with Crippen LogP contribution in [-0.2, 0) is 9.59 Å². The second kappa shape index (κ2) is 5.11. The number of nitrogens with zero attached hydrogens (tertiary/aromatic N) is 1. The lowest BCUT2D eigenvalue weighted by Crippen LogP contribution is -2.35. The maximum absolute atomic E-state index is 11.6. The average Bonchev–Trinajstić information content (AvgIpc) is 2.55. The van der Waals surface area contributed by atoms with Crippen LogP contribution in [0.5, 0.6) is 0 Å². The van der Waals surface area contributed by atoms with Crippen molar-refractivity contribution in [3.05, 3.63) is 0 Å². The summed E-state index contributed by atoms with van der Waals surface area (Å²) >= 11 is 0. The molecule has 5 nitrogen and oxygen atoms in total.